The number of carbonyl (C=O) groups excluding carboxylic acids is 1. The summed E-state index contributed by atoms with van der Waals surface area (Å²) < 4.78 is 5.78. The minimum absolute atomic E-state index is 0.255. The molecule has 4 heteroatoms. The van der Waals surface area contributed by atoms with Crippen molar-refractivity contribution in [1.29, 1.82) is 0 Å². The van der Waals surface area contributed by atoms with Gasteiger partial charge in [0, 0.05) is 16.3 Å². The highest BCUT2D eigenvalue weighted by Crippen LogP contribution is 2.30. The van der Waals surface area contributed by atoms with Gasteiger partial charge in [-0.15, -0.1) is 0 Å². The van der Waals surface area contributed by atoms with Gasteiger partial charge in [0.15, 0.2) is 5.76 Å². The van der Waals surface area contributed by atoms with Crippen LogP contribution >= 0.6 is 11.6 Å². The summed E-state index contributed by atoms with van der Waals surface area (Å²) in [6.45, 7) is 5.98. The first-order valence-corrected chi connectivity index (χ1v) is 8.64. The summed E-state index contributed by atoms with van der Waals surface area (Å²) in [5, 5.41) is 3.65. The van der Waals surface area contributed by atoms with Gasteiger partial charge in [-0.25, -0.2) is 0 Å². The Morgan fingerprint density at radius 2 is 1.84 bits per heavy atom. The average molecular weight is 354 g/mol. The maximum absolute atomic E-state index is 12.6. The summed E-state index contributed by atoms with van der Waals surface area (Å²) >= 11 is 6.17. The highest BCUT2D eigenvalue weighted by atomic mass is 35.5. The number of furan rings is 1. The molecular weight excluding hydrogens is 334 g/mol. The van der Waals surface area contributed by atoms with Gasteiger partial charge in [-0.05, 0) is 55.2 Å². The number of nitrogens with one attached hydrogen (secondary N) is 1. The Morgan fingerprint density at radius 1 is 1.08 bits per heavy atom. The molecule has 128 valence electrons. The number of amides is 1. The second-order valence-corrected chi connectivity index (χ2v) is 6.40. The van der Waals surface area contributed by atoms with Crippen molar-refractivity contribution in [3.63, 3.8) is 0 Å². The van der Waals surface area contributed by atoms with Crippen LogP contribution < -0.4 is 5.32 Å². The van der Waals surface area contributed by atoms with E-state index in [-0.39, 0.29) is 11.7 Å². The molecule has 1 aromatic heterocycles. The lowest BCUT2D eigenvalue weighted by Crippen LogP contribution is -2.13. The number of hydrogen-bond acceptors (Lipinski definition) is 2. The Hall–Kier alpha value is -2.52. The normalized spacial score (nSPS) is 10.7. The van der Waals surface area contributed by atoms with E-state index in [0.29, 0.717) is 10.8 Å². The van der Waals surface area contributed by atoms with Crippen molar-refractivity contribution in [3.8, 4) is 11.3 Å². The molecule has 0 saturated heterocycles. The first-order valence-electron chi connectivity index (χ1n) is 8.26. The monoisotopic (exact) mass is 353 g/mol. The van der Waals surface area contributed by atoms with E-state index >= 15 is 0 Å². The zero-order valence-corrected chi connectivity index (χ0v) is 15.3. The molecule has 3 nitrogen and oxygen atoms in total. The predicted molar refractivity (Wildman–Crippen MR) is 102 cm³/mol. The van der Waals surface area contributed by atoms with Gasteiger partial charge < -0.3 is 9.73 Å². The number of carbonyl (C=O) groups is 1. The molecule has 0 spiro atoms. The van der Waals surface area contributed by atoms with E-state index in [4.69, 9.17) is 16.0 Å². The van der Waals surface area contributed by atoms with Crippen LogP contribution in [0.2, 0.25) is 5.02 Å². The van der Waals surface area contributed by atoms with Gasteiger partial charge in [-0.3, -0.25) is 4.79 Å². The third kappa shape index (κ3) is 3.47. The summed E-state index contributed by atoms with van der Waals surface area (Å²) in [6, 6.07) is 15.1. The van der Waals surface area contributed by atoms with E-state index in [1.165, 1.54) is 0 Å². The fourth-order valence-corrected chi connectivity index (χ4v) is 3.03. The second-order valence-electron chi connectivity index (χ2n) is 5.99. The zero-order valence-electron chi connectivity index (χ0n) is 14.5. The summed E-state index contributed by atoms with van der Waals surface area (Å²) in [4.78, 5) is 12.6. The highest BCUT2D eigenvalue weighted by Gasteiger charge is 2.16. The molecule has 1 amide bonds. The Labute approximate surface area is 152 Å². The van der Waals surface area contributed by atoms with Crippen LogP contribution in [-0.4, -0.2) is 5.91 Å². The fraction of sp³-hybridized carbons (Fsp3) is 0.190. The van der Waals surface area contributed by atoms with Crippen LogP contribution in [0.4, 0.5) is 5.69 Å². The largest absolute Gasteiger partial charge is 0.451 e. The first kappa shape index (κ1) is 17.3. The van der Waals surface area contributed by atoms with E-state index in [9.17, 15) is 4.79 Å². The van der Waals surface area contributed by atoms with E-state index in [2.05, 4.69) is 12.2 Å². The van der Waals surface area contributed by atoms with E-state index in [0.717, 1.165) is 34.4 Å². The maximum Gasteiger partial charge on any atom is 0.291 e. The first-order chi connectivity index (χ1) is 12.0. The summed E-state index contributed by atoms with van der Waals surface area (Å²) in [5.41, 5.74) is 4.80. The van der Waals surface area contributed by atoms with Crippen LogP contribution in [0.15, 0.2) is 52.9 Å². The lowest BCUT2D eigenvalue weighted by atomic mass is 10.1. The van der Waals surface area contributed by atoms with Gasteiger partial charge >= 0.3 is 0 Å². The molecule has 3 rings (SSSR count). The molecule has 1 heterocycles. The van der Waals surface area contributed by atoms with Gasteiger partial charge in [0.1, 0.15) is 5.76 Å². The molecule has 3 aromatic rings. The van der Waals surface area contributed by atoms with Crippen molar-refractivity contribution in [2.45, 2.75) is 27.2 Å². The smallest absolute Gasteiger partial charge is 0.291 e. The molecule has 0 aliphatic heterocycles. The molecule has 0 aliphatic rings. The summed E-state index contributed by atoms with van der Waals surface area (Å²) in [6.07, 6.45) is 0.850. The van der Waals surface area contributed by atoms with Crippen LogP contribution in [-0.2, 0) is 6.42 Å². The number of benzene rings is 2. The van der Waals surface area contributed by atoms with Gasteiger partial charge in [-0.1, -0.05) is 48.9 Å². The molecule has 0 fully saturated rings. The molecular formula is C21H20ClNO2. The highest BCUT2D eigenvalue weighted by molar-refractivity contribution is 6.31. The zero-order chi connectivity index (χ0) is 18.0. The minimum Gasteiger partial charge on any atom is -0.451 e. The Bertz CT molecular complexity index is 927. The van der Waals surface area contributed by atoms with Crippen molar-refractivity contribution in [1.82, 2.24) is 0 Å². The van der Waals surface area contributed by atoms with Crippen molar-refractivity contribution in [2.75, 3.05) is 5.32 Å². The van der Waals surface area contributed by atoms with Crippen molar-refractivity contribution < 1.29 is 9.21 Å². The topological polar surface area (TPSA) is 42.2 Å². The Kier molecular flexibility index (Phi) is 4.95. The van der Waals surface area contributed by atoms with Crippen LogP contribution in [0.3, 0.4) is 0 Å². The molecule has 1 N–H and O–H groups in total. The van der Waals surface area contributed by atoms with Gasteiger partial charge in [0.05, 0.1) is 0 Å². The van der Waals surface area contributed by atoms with Gasteiger partial charge in [0.2, 0.25) is 0 Å². The number of para-hydroxylation sites is 1. The summed E-state index contributed by atoms with van der Waals surface area (Å²) in [7, 11) is 0. The van der Waals surface area contributed by atoms with Crippen molar-refractivity contribution in [2.24, 2.45) is 0 Å². The lowest BCUT2D eigenvalue weighted by molar-refractivity contribution is 0.0997. The molecule has 25 heavy (non-hydrogen) atoms. The number of rotatable bonds is 4. The molecule has 0 saturated carbocycles. The summed E-state index contributed by atoms with van der Waals surface area (Å²) in [5.74, 6) is 0.653. The lowest BCUT2D eigenvalue weighted by Gasteiger charge is -2.12. The number of halogens is 1. The predicted octanol–water partition coefficient (Wildman–Crippen LogP) is 6.03. The van der Waals surface area contributed by atoms with Crippen molar-refractivity contribution >= 4 is 23.2 Å². The quantitative estimate of drug-likeness (QED) is 0.622. The maximum atomic E-state index is 12.6. The Balaban J connectivity index is 1.88. The number of hydrogen-bond donors (Lipinski definition) is 1. The van der Waals surface area contributed by atoms with Crippen molar-refractivity contribution in [3.05, 3.63) is 76.0 Å². The van der Waals surface area contributed by atoms with E-state index in [1.54, 1.807) is 12.1 Å². The molecule has 0 aliphatic carbocycles. The van der Waals surface area contributed by atoms with Crippen LogP contribution in [0.25, 0.3) is 11.3 Å². The second kappa shape index (κ2) is 7.16. The molecule has 0 atom stereocenters. The van der Waals surface area contributed by atoms with Crippen LogP contribution in [0, 0.1) is 13.8 Å². The van der Waals surface area contributed by atoms with Gasteiger partial charge in [0.25, 0.3) is 5.91 Å². The molecule has 0 bridgehead atoms. The standard InChI is InChI=1S/C21H20ClNO2/c1-4-15-8-5-7-13(2)20(15)23-21(24)19-12-11-18(25-19)16-9-6-10-17(22)14(16)3/h5-12H,4H2,1-3H3,(H,23,24). The van der Waals surface area contributed by atoms with Crippen LogP contribution in [0.5, 0.6) is 0 Å². The fourth-order valence-electron chi connectivity index (χ4n) is 2.86. The third-order valence-electron chi connectivity index (χ3n) is 4.34. The van der Waals surface area contributed by atoms with Crippen LogP contribution in [0.1, 0.15) is 34.2 Å². The average Bonchev–Trinajstić information content (AvgIpc) is 3.09. The SMILES string of the molecule is CCc1cccc(C)c1NC(=O)c1ccc(-c2cccc(Cl)c2C)o1. The number of anilines is 1. The van der Waals surface area contributed by atoms with E-state index in [1.807, 2.05) is 50.2 Å². The molecule has 2 aromatic carbocycles. The molecule has 0 unspecified atom stereocenters. The minimum atomic E-state index is -0.255. The molecule has 0 radical (unpaired) electrons. The third-order valence-corrected chi connectivity index (χ3v) is 4.75. The van der Waals surface area contributed by atoms with E-state index < -0.39 is 0 Å². The Morgan fingerprint density at radius 3 is 2.60 bits per heavy atom. The van der Waals surface area contributed by atoms with Gasteiger partial charge in [-0.2, -0.15) is 0 Å². The number of aryl methyl sites for hydroxylation is 2.